The van der Waals surface area contributed by atoms with Gasteiger partial charge in [-0.25, -0.2) is 0 Å². The Hall–Kier alpha value is -3.31. The average Bonchev–Trinajstić information content (AvgIpc) is 3.20. The van der Waals surface area contributed by atoms with Crippen LogP contribution in [-0.4, -0.2) is 49.3 Å². The number of fused-ring (bicyclic) bond motifs is 2. The molecule has 2 aromatic carbocycles. The third kappa shape index (κ3) is 5.61. The molecule has 0 fully saturated rings. The molecule has 2 aromatic rings. The molecule has 218 valence electrons. The van der Waals surface area contributed by atoms with Crippen molar-refractivity contribution in [2.75, 3.05) is 11.9 Å². The summed E-state index contributed by atoms with van der Waals surface area (Å²) >= 11 is 0. The Kier molecular flexibility index (Phi) is 7.85. The van der Waals surface area contributed by atoms with Crippen LogP contribution in [0.25, 0.3) is 0 Å². The molecule has 0 bridgehead atoms. The molecule has 8 nitrogen and oxygen atoms in total. The van der Waals surface area contributed by atoms with E-state index in [4.69, 9.17) is 0 Å². The van der Waals surface area contributed by atoms with E-state index in [-0.39, 0.29) is 15.8 Å². The highest BCUT2D eigenvalue weighted by molar-refractivity contribution is 7.86. The standard InChI is InChI=1S/C31H36N2O6S2/c1-21(2)33-27-18-16-23(41(37,38)39)20-25(27)31(5,6)29(33)14-12-10-8-9-11-13-28-30(3,4)24-19-22(40(34,35)36)15-17-26(24)32(28)7/h8-21H,1-7H3,(H-,34,35,36,37,38,39)/p+1. The highest BCUT2D eigenvalue weighted by Gasteiger charge is 2.44. The predicted molar refractivity (Wildman–Crippen MR) is 163 cm³/mol. The lowest BCUT2D eigenvalue weighted by molar-refractivity contribution is -0.401. The van der Waals surface area contributed by atoms with Crippen LogP contribution in [0.5, 0.6) is 0 Å². The molecule has 2 N–H and O–H groups in total. The van der Waals surface area contributed by atoms with Crippen molar-refractivity contribution < 1.29 is 30.5 Å². The molecule has 0 saturated heterocycles. The monoisotopic (exact) mass is 597 g/mol. The van der Waals surface area contributed by atoms with Gasteiger partial charge in [0, 0.05) is 40.5 Å². The summed E-state index contributed by atoms with van der Waals surface area (Å²) in [5, 5.41) is 0. The van der Waals surface area contributed by atoms with E-state index in [1.54, 1.807) is 18.2 Å². The molecule has 2 heterocycles. The van der Waals surface area contributed by atoms with Gasteiger partial charge in [-0.1, -0.05) is 44.2 Å². The van der Waals surface area contributed by atoms with E-state index in [1.165, 1.54) is 18.2 Å². The summed E-state index contributed by atoms with van der Waals surface area (Å²) in [4.78, 5) is 1.94. The first-order valence-electron chi connectivity index (χ1n) is 13.2. The topological polar surface area (TPSA) is 115 Å². The maximum absolute atomic E-state index is 11.8. The van der Waals surface area contributed by atoms with Crippen LogP contribution in [0.3, 0.4) is 0 Å². The van der Waals surface area contributed by atoms with E-state index in [9.17, 15) is 25.9 Å². The number of rotatable bonds is 7. The largest absolute Gasteiger partial charge is 0.341 e. The second-order valence-electron chi connectivity index (χ2n) is 11.6. The van der Waals surface area contributed by atoms with Crippen LogP contribution in [0.15, 0.2) is 94.4 Å². The lowest BCUT2D eigenvalue weighted by Crippen LogP contribution is -2.31. The molecule has 0 amide bonds. The Morgan fingerprint density at radius 1 is 0.780 bits per heavy atom. The average molecular weight is 598 g/mol. The van der Waals surface area contributed by atoms with Gasteiger partial charge in [0.1, 0.15) is 7.05 Å². The van der Waals surface area contributed by atoms with Crippen LogP contribution < -0.4 is 4.90 Å². The molecule has 2 aliphatic heterocycles. The Balaban J connectivity index is 1.55. The van der Waals surface area contributed by atoms with Gasteiger partial charge >= 0.3 is 0 Å². The van der Waals surface area contributed by atoms with E-state index < -0.39 is 31.1 Å². The van der Waals surface area contributed by atoms with Crippen molar-refractivity contribution in [3.63, 3.8) is 0 Å². The Labute approximate surface area is 243 Å². The van der Waals surface area contributed by atoms with Gasteiger partial charge in [-0.05, 0) is 69.7 Å². The number of benzene rings is 2. The van der Waals surface area contributed by atoms with Crippen molar-refractivity contribution in [1.82, 2.24) is 0 Å². The first-order valence-corrected chi connectivity index (χ1v) is 16.1. The van der Waals surface area contributed by atoms with Crippen LogP contribution >= 0.6 is 0 Å². The van der Waals surface area contributed by atoms with Gasteiger partial charge in [0.25, 0.3) is 20.2 Å². The van der Waals surface area contributed by atoms with Crippen molar-refractivity contribution in [3.05, 3.63) is 95.8 Å². The molecule has 4 rings (SSSR count). The summed E-state index contributed by atoms with van der Waals surface area (Å²) in [5.41, 5.74) is 4.52. The van der Waals surface area contributed by atoms with Gasteiger partial charge < -0.3 is 4.90 Å². The van der Waals surface area contributed by atoms with E-state index in [1.807, 2.05) is 81.9 Å². The number of allylic oxidation sites excluding steroid dienone is 8. The quantitative estimate of drug-likeness (QED) is 0.230. The van der Waals surface area contributed by atoms with Crippen molar-refractivity contribution >= 4 is 37.3 Å². The van der Waals surface area contributed by atoms with E-state index in [0.29, 0.717) is 0 Å². The third-order valence-electron chi connectivity index (χ3n) is 7.87. The zero-order valence-electron chi connectivity index (χ0n) is 24.3. The van der Waals surface area contributed by atoms with E-state index in [2.05, 4.69) is 18.7 Å². The van der Waals surface area contributed by atoms with Gasteiger partial charge in [0.2, 0.25) is 5.69 Å². The summed E-state index contributed by atoms with van der Waals surface area (Å²) in [6, 6.07) is 9.50. The van der Waals surface area contributed by atoms with Gasteiger partial charge in [-0.3, -0.25) is 9.11 Å². The normalized spacial score (nSPS) is 19.5. The van der Waals surface area contributed by atoms with E-state index >= 15 is 0 Å². The number of hydrogen-bond donors (Lipinski definition) is 2. The molecule has 0 radical (unpaired) electrons. The van der Waals surface area contributed by atoms with Crippen molar-refractivity contribution in [3.8, 4) is 0 Å². The Morgan fingerprint density at radius 3 is 1.90 bits per heavy atom. The van der Waals surface area contributed by atoms with Crippen LogP contribution in [-0.2, 0) is 31.1 Å². The summed E-state index contributed by atoms with van der Waals surface area (Å²) in [5.74, 6) is 0. The fourth-order valence-corrected chi connectivity index (χ4v) is 6.78. The summed E-state index contributed by atoms with van der Waals surface area (Å²) in [6.45, 7) is 12.2. The molecule has 0 saturated carbocycles. The van der Waals surface area contributed by atoms with Crippen molar-refractivity contribution in [2.24, 2.45) is 0 Å². The fraction of sp³-hybridized carbons (Fsp3) is 0.323. The van der Waals surface area contributed by atoms with Gasteiger partial charge in [0.05, 0.1) is 15.2 Å². The third-order valence-corrected chi connectivity index (χ3v) is 9.57. The first-order chi connectivity index (χ1) is 18.9. The second kappa shape index (κ2) is 10.5. The minimum absolute atomic E-state index is 0.115. The number of nitrogens with zero attached hydrogens (tertiary/aromatic N) is 2. The van der Waals surface area contributed by atoms with Crippen molar-refractivity contribution in [2.45, 2.75) is 68.2 Å². The molecule has 41 heavy (non-hydrogen) atoms. The molecular formula is C31H37N2O6S2+. The van der Waals surface area contributed by atoms with Gasteiger partial charge in [-0.2, -0.15) is 21.4 Å². The predicted octanol–water partition coefficient (Wildman–Crippen LogP) is 5.94. The van der Waals surface area contributed by atoms with Crippen molar-refractivity contribution in [1.29, 1.82) is 0 Å². The van der Waals surface area contributed by atoms with Crippen LogP contribution in [0.4, 0.5) is 11.4 Å². The lowest BCUT2D eigenvalue weighted by atomic mass is 9.81. The SMILES string of the molecule is CC(C)N1/C(=C/C=C/C=C/C=C/C2=[N+](C)c3ccc(S(=O)(=O)O)cc3C2(C)C)C(C)(C)c2cc(S(=O)(=O)O)ccc21. The molecule has 0 atom stereocenters. The zero-order valence-corrected chi connectivity index (χ0v) is 26.0. The maximum Gasteiger partial charge on any atom is 0.294 e. The maximum atomic E-state index is 11.8. The summed E-state index contributed by atoms with van der Waals surface area (Å²) in [6.07, 6.45) is 13.6. The molecule has 2 aliphatic rings. The molecular weight excluding hydrogens is 560 g/mol. The first kappa shape index (κ1) is 30.6. The second-order valence-corrected chi connectivity index (χ2v) is 14.5. The lowest BCUT2D eigenvalue weighted by Gasteiger charge is -2.30. The van der Waals surface area contributed by atoms with Crippen LogP contribution in [0.2, 0.25) is 0 Å². The van der Waals surface area contributed by atoms with Gasteiger partial charge in [0.15, 0.2) is 5.71 Å². The van der Waals surface area contributed by atoms with E-state index in [0.717, 1.165) is 33.9 Å². The van der Waals surface area contributed by atoms with Gasteiger partial charge in [-0.15, -0.1) is 0 Å². The minimum Gasteiger partial charge on any atom is -0.341 e. The molecule has 0 aromatic heterocycles. The summed E-state index contributed by atoms with van der Waals surface area (Å²) in [7, 11) is -6.67. The Bertz CT molecular complexity index is 1770. The van der Waals surface area contributed by atoms with Crippen LogP contribution in [0, 0.1) is 0 Å². The minimum atomic E-state index is -4.31. The zero-order chi connectivity index (χ0) is 30.5. The fourth-order valence-electron chi connectivity index (χ4n) is 5.76. The molecule has 0 spiro atoms. The smallest absolute Gasteiger partial charge is 0.294 e. The highest BCUT2D eigenvalue weighted by atomic mass is 32.2. The number of anilines is 1. The highest BCUT2D eigenvalue weighted by Crippen LogP contribution is 2.49. The Morgan fingerprint density at radius 2 is 1.32 bits per heavy atom. The number of hydrogen-bond acceptors (Lipinski definition) is 5. The molecule has 0 unspecified atom stereocenters. The van der Waals surface area contributed by atoms with Crippen LogP contribution in [0.1, 0.15) is 52.7 Å². The summed E-state index contributed by atoms with van der Waals surface area (Å²) < 4.78 is 67.8. The molecule has 10 heteroatoms. The molecule has 0 aliphatic carbocycles.